The second kappa shape index (κ2) is 9.14. The predicted molar refractivity (Wildman–Crippen MR) is 128 cm³/mol. The third kappa shape index (κ3) is 6.38. The van der Waals surface area contributed by atoms with Gasteiger partial charge in [0.2, 0.25) is 0 Å². The Morgan fingerprint density at radius 2 is 1.70 bits per heavy atom. The van der Waals surface area contributed by atoms with Crippen LogP contribution in [0.15, 0.2) is 4.60 Å². The van der Waals surface area contributed by atoms with E-state index in [9.17, 15) is 14.7 Å². The molecule has 1 aromatic rings. The molecule has 0 spiro atoms. The van der Waals surface area contributed by atoms with E-state index in [1.165, 1.54) is 16.8 Å². The molecule has 0 unspecified atom stereocenters. The number of hydrogen-bond donors (Lipinski definition) is 1. The summed E-state index contributed by atoms with van der Waals surface area (Å²) in [5.41, 5.74) is -2.49. The second-order valence-corrected chi connectivity index (χ2v) is 11.5. The van der Waals surface area contributed by atoms with E-state index in [0.29, 0.717) is 6.42 Å². The maximum Gasteiger partial charge on any atom is 0.414 e. The molecule has 0 saturated carbocycles. The van der Waals surface area contributed by atoms with Crippen molar-refractivity contribution in [1.29, 1.82) is 0 Å². The van der Waals surface area contributed by atoms with Gasteiger partial charge in [-0.3, -0.25) is 9.58 Å². The van der Waals surface area contributed by atoms with Crippen LogP contribution in [0.5, 0.6) is 0 Å². The summed E-state index contributed by atoms with van der Waals surface area (Å²) < 4.78 is 12.9. The van der Waals surface area contributed by atoms with E-state index in [-0.39, 0.29) is 22.7 Å². The standard InChI is InChI=1S/C22H34BrN5O5/c1-20(2,3)32-18(29)26(10)17-15(24-9)16(23)25-28(17)13-11-14(22(7,8)31)27(12-13)19(30)33-21(4,5)6/h13-14,31H,11-12H2,1-8,10H3/t13-,14+/m0/s1. The van der Waals surface area contributed by atoms with Gasteiger partial charge in [0.25, 0.3) is 5.69 Å². The van der Waals surface area contributed by atoms with Crippen molar-refractivity contribution in [2.24, 2.45) is 0 Å². The highest BCUT2D eigenvalue weighted by atomic mass is 79.9. The highest BCUT2D eigenvalue weighted by Gasteiger charge is 2.46. The number of likely N-dealkylation sites (tertiary alicyclic amines) is 1. The zero-order valence-electron chi connectivity index (χ0n) is 20.8. The molecule has 33 heavy (non-hydrogen) atoms. The SMILES string of the molecule is [C-]#[N+]c1c(Br)nn([C@H]2C[C@H](C(C)(C)O)N(C(=O)OC(C)(C)C)C2)c1N(C)C(=O)OC(C)(C)C. The summed E-state index contributed by atoms with van der Waals surface area (Å²) in [7, 11) is 1.51. The summed E-state index contributed by atoms with van der Waals surface area (Å²) >= 11 is 3.31. The predicted octanol–water partition coefficient (Wildman–Crippen LogP) is 4.89. The van der Waals surface area contributed by atoms with Crippen LogP contribution in [0.1, 0.15) is 67.9 Å². The van der Waals surface area contributed by atoms with Gasteiger partial charge in [0.05, 0.1) is 24.3 Å². The maximum atomic E-state index is 12.9. The Labute approximate surface area is 203 Å². The van der Waals surface area contributed by atoms with E-state index < -0.39 is 41.1 Å². The summed E-state index contributed by atoms with van der Waals surface area (Å²) in [5.74, 6) is 0.247. The van der Waals surface area contributed by atoms with Crippen LogP contribution in [0.2, 0.25) is 0 Å². The number of rotatable bonds is 3. The average molecular weight is 528 g/mol. The van der Waals surface area contributed by atoms with Crippen LogP contribution in [0.3, 0.4) is 0 Å². The number of hydrogen-bond acceptors (Lipinski definition) is 6. The number of aliphatic hydroxyl groups is 1. The lowest BCUT2D eigenvalue weighted by Crippen LogP contribution is -2.49. The monoisotopic (exact) mass is 527 g/mol. The molecule has 10 nitrogen and oxygen atoms in total. The Kier molecular flexibility index (Phi) is 7.46. The normalized spacial score (nSPS) is 19.3. The Morgan fingerprint density at radius 1 is 1.15 bits per heavy atom. The van der Waals surface area contributed by atoms with Crippen molar-refractivity contribution in [3.8, 4) is 0 Å². The molecule has 1 aliphatic rings. The van der Waals surface area contributed by atoms with Gasteiger partial charge in [0.15, 0.2) is 0 Å². The molecule has 2 amide bonds. The van der Waals surface area contributed by atoms with E-state index in [1.807, 2.05) is 0 Å². The third-order valence-electron chi connectivity index (χ3n) is 4.98. The zero-order chi connectivity index (χ0) is 25.5. The van der Waals surface area contributed by atoms with E-state index in [4.69, 9.17) is 16.0 Å². The number of halogens is 1. The van der Waals surface area contributed by atoms with Crippen molar-refractivity contribution in [3.63, 3.8) is 0 Å². The van der Waals surface area contributed by atoms with Crippen molar-refractivity contribution < 1.29 is 24.2 Å². The van der Waals surface area contributed by atoms with Crippen molar-refractivity contribution >= 4 is 39.6 Å². The topological polar surface area (TPSA) is 101 Å². The fourth-order valence-electron chi connectivity index (χ4n) is 3.65. The lowest BCUT2D eigenvalue weighted by atomic mass is 9.96. The van der Waals surface area contributed by atoms with Crippen LogP contribution in [0.25, 0.3) is 4.85 Å². The van der Waals surface area contributed by atoms with Crippen molar-refractivity contribution in [3.05, 3.63) is 16.0 Å². The molecule has 2 rings (SSSR count). The molecule has 1 fully saturated rings. The minimum atomic E-state index is -1.21. The van der Waals surface area contributed by atoms with E-state index in [0.717, 1.165) is 0 Å². The highest BCUT2D eigenvalue weighted by molar-refractivity contribution is 9.10. The average Bonchev–Trinajstić information content (AvgIpc) is 3.19. The minimum absolute atomic E-state index is 0.152. The van der Waals surface area contributed by atoms with Gasteiger partial charge in [-0.2, -0.15) is 5.10 Å². The molecule has 11 heteroatoms. The molecule has 0 radical (unpaired) electrons. The number of amides is 2. The van der Waals surface area contributed by atoms with Crippen LogP contribution >= 0.6 is 15.9 Å². The van der Waals surface area contributed by atoms with Gasteiger partial charge in [0.1, 0.15) is 21.6 Å². The van der Waals surface area contributed by atoms with Gasteiger partial charge in [-0.15, -0.1) is 0 Å². The largest absolute Gasteiger partial charge is 0.444 e. The Hall–Kier alpha value is -2.32. The second-order valence-electron chi connectivity index (χ2n) is 10.8. The fourth-order valence-corrected chi connectivity index (χ4v) is 4.09. The summed E-state index contributed by atoms with van der Waals surface area (Å²) in [4.78, 5) is 32.0. The number of anilines is 1. The first-order chi connectivity index (χ1) is 14.9. The van der Waals surface area contributed by atoms with E-state index in [2.05, 4.69) is 25.9 Å². The van der Waals surface area contributed by atoms with Gasteiger partial charge >= 0.3 is 12.2 Å². The number of nitrogens with zero attached hydrogens (tertiary/aromatic N) is 5. The van der Waals surface area contributed by atoms with E-state index in [1.54, 1.807) is 60.1 Å². The van der Waals surface area contributed by atoms with Gasteiger partial charge in [-0.05, 0) is 77.7 Å². The molecule has 1 saturated heterocycles. The molecule has 0 bridgehead atoms. The van der Waals surface area contributed by atoms with Gasteiger partial charge < -0.3 is 19.5 Å². The molecule has 0 aromatic carbocycles. The lowest BCUT2D eigenvalue weighted by Gasteiger charge is -2.34. The number of carbonyl (C=O) groups is 2. The van der Waals surface area contributed by atoms with Crippen LogP contribution in [0.4, 0.5) is 21.1 Å². The molecule has 2 heterocycles. The summed E-state index contributed by atoms with van der Waals surface area (Å²) in [6, 6.07) is -0.975. The molecule has 1 aliphatic heterocycles. The van der Waals surface area contributed by atoms with Crippen molar-refractivity contribution in [2.45, 2.75) is 90.7 Å². The summed E-state index contributed by atoms with van der Waals surface area (Å²) in [5, 5.41) is 15.2. The van der Waals surface area contributed by atoms with Gasteiger partial charge in [0, 0.05) is 13.6 Å². The number of carbonyl (C=O) groups excluding carboxylic acids is 2. The number of aromatic nitrogens is 2. The minimum Gasteiger partial charge on any atom is -0.444 e. The summed E-state index contributed by atoms with van der Waals surface area (Å²) in [6.45, 7) is 21.7. The van der Waals surface area contributed by atoms with Crippen molar-refractivity contribution in [1.82, 2.24) is 14.7 Å². The molecule has 1 N–H and O–H groups in total. The van der Waals surface area contributed by atoms with Crippen LogP contribution < -0.4 is 4.90 Å². The smallest absolute Gasteiger partial charge is 0.414 e. The zero-order valence-corrected chi connectivity index (χ0v) is 22.3. The van der Waals surface area contributed by atoms with Crippen molar-refractivity contribution in [2.75, 3.05) is 18.5 Å². The first kappa shape index (κ1) is 26.9. The van der Waals surface area contributed by atoms with Crippen LogP contribution in [0, 0.1) is 6.57 Å². The molecular formula is C22H34BrN5O5. The molecule has 1 aromatic heterocycles. The molecule has 0 aliphatic carbocycles. The molecule has 2 atom stereocenters. The van der Waals surface area contributed by atoms with Crippen LogP contribution in [-0.2, 0) is 9.47 Å². The number of ether oxygens (including phenoxy) is 2. The van der Waals surface area contributed by atoms with Crippen LogP contribution in [-0.4, -0.2) is 68.4 Å². The Bertz CT molecular complexity index is 949. The maximum absolute atomic E-state index is 12.9. The quantitative estimate of drug-likeness (QED) is 0.561. The molecular weight excluding hydrogens is 494 g/mol. The van der Waals surface area contributed by atoms with Gasteiger partial charge in [-0.25, -0.2) is 14.4 Å². The molecule has 184 valence electrons. The first-order valence-electron chi connectivity index (χ1n) is 10.7. The lowest BCUT2D eigenvalue weighted by molar-refractivity contribution is -0.0240. The first-order valence-corrected chi connectivity index (χ1v) is 11.5. The van der Waals surface area contributed by atoms with E-state index >= 15 is 0 Å². The third-order valence-corrected chi connectivity index (χ3v) is 5.52. The Morgan fingerprint density at radius 3 is 2.15 bits per heavy atom. The van der Waals surface area contributed by atoms with Gasteiger partial charge in [-0.1, -0.05) is 0 Å². The fraction of sp³-hybridized carbons (Fsp3) is 0.727. The highest BCUT2D eigenvalue weighted by Crippen LogP contribution is 2.42. The Balaban J connectivity index is 2.49. The summed E-state index contributed by atoms with van der Waals surface area (Å²) in [6.07, 6.45) is -0.832.